The summed E-state index contributed by atoms with van der Waals surface area (Å²) in [6.07, 6.45) is 0.504. The molecule has 0 spiro atoms. The van der Waals surface area contributed by atoms with Gasteiger partial charge in [-0.05, 0) is 41.6 Å². The van der Waals surface area contributed by atoms with Gasteiger partial charge in [0.05, 0.1) is 6.42 Å². The Kier molecular flexibility index (Phi) is 5.48. The zero-order chi connectivity index (χ0) is 19.3. The number of thioether (sulfide) groups is 1. The van der Waals surface area contributed by atoms with Gasteiger partial charge in [-0.15, -0.1) is 16.9 Å². The van der Waals surface area contributed by atoms with E-state index in [2.05, 4.69) is 34.6 Å². The number of carbonyl (C=O) groups is 1. The maximum absolute atomic E-state index is 12.4. The number of hydrogen-bond donors (Lipinski definition) is 1. The van der Waals surface area contributed by atoms with Crippen LogP contribution in [-0.2, 0) is 6.42 Å². The van der Waals surface area contributed by atoms with Crippen molar-refractivity contribution in [1.82, 2.24) is 10.2 Å². The van der Waals surface area contributed by atoms with Crippen molar-refractivity contribution in [3.63, 3.8) is 0 Å². The van der Waals surface area contributed by atoms with E-state index in [-0.39, 0.29) is 11.9 Å². The first-order chi connectivity index (χ1) is 13.7. The zero-order valence-electron chi connectivity index (χ0n) is 15.3. The highest BCUT2D eigenvalue weighted by atomic mass is 32.2. The van der Waals surface area contributed by atoms with Crippen molar-refractivity contribution in [2.45, 2.75) is 18.2 Å². The lowest BCUT2D eigenvalue weighted by Gasteiger charge is -2.18. The van der Waals surface area contributed by atoms with E-state index in [0.717, 1.165) is 11.3 Å². The van der Waals surface area contributed by atoms with Crippen molar-refractivity contribution in [3.05, 3.63) is 59.5 Å². The van der Waals surface area contributed by atoms with Gasteiger partial charge in [0.2, 0.25) is 5.89 Å². The molecule has 1 amide bonds. The van der Waals surface area contributed by atoms with Crippen molar-refractivity contribution in [1.29, 1.82) is 0 Å². The van der Waals surface area contributed by atoms with Crippen molar-refractivity contribution in [3.8, 4) is 11.5 Å². The molecule has 1 aliphatic heterocycles. The Morgan fingerprint density at radius 1 is 1.07 bits per heavy atom. The van der Waals surface area contributed by atoms with Gasteiger partial charge in [0, 0.05) is 10.5 Å². The number of nitrogens with zero attached hydrogens (tertiary/aromatic N) is 2. The minimum absolute atomic E-state index is 0.0630. The average Bonchev–Trinajstić information content (AvgIpc) is 3.16. The summed E-state index contributed by atoms with van der Waals surface area (Å²) in [6.45, 7) is 3.09. The van der Waals surface area contributed by atoms with Crippen LogP contribution in [0.1, 0.15) is 28.7 Å². The molecule has 8 heteroatoms. The first-order valence-corrected chi connectivity index (χ1v) is 9.95. The highest BCUT2D eigenvalue weighted by molar-refractivity contribution is 7.99. The summed E-state index contributed by atoms with van der Waals surface area (Å²) in [5.74, 6) is 2.30. The third kappa shape index (κ3) is 4.28. The highest BCUT2D eigenvalue weighted by Crippen LogP contribution is 2.31. The molecule has 7 nitrogen and oxygen atoms in total. The third-order valence-corrected chi connectivity index (χ3v) is 4.98. The van der Waals surface area contributed by atoms with E-state index in [0.29, 0.717) is 42.6 Å². The Labute approximate surface area is 166 Å². The topological polar surface area (TPSA) is 86.5 Å². The van der Waals surface area contributed by atoms with Crippen LogP contribution >= 0.6 is 11.8 Å². The minimum atomic E-state index is -0.354. The monoisotopic (exact) mass is 397 g/mol. The number of hydrogen-bond acceptors (Lipinski definition) is 7. The van der Waals surface area contributed by atoms with Crippen LogP contribution in [0.25, 0.3) is 0 Å². The smallest absolute Gasteiger partial charge is 0.322 e. The van der Waals surface area contributed by atoms with Gasteiger partial charge in [-0.1, -0.05) is 24.2 Å². The number of carbonyl (C=O) groups excluding carboxylic acids is 1. The van der Waals surface area contributed by atoms with Crippen LogP contribution in [0.3, 0.4) is 0 Å². The molecule has 2 aromatic carbocycles. The van der Waals surface area contributed by atoms with Crippen molar-refractivity contribution < 1.29 is 18.7 Å². The predicted octanol–water partition coefficient (Wildman–Crippen LogP) is 3.80. The van der Waals surface area contributed by atoms with E-state index in [1.54, 1.807) is 30.0 Å². The van der Waals surface area contributed by atoms with Gasteiger partial charge in [0.1, 0.15) is 13.2 Å². The van der Waals surface area contributed by atoms with Gasteiger partial charge in [0.15, 0.2) is 11.5 Å². The first kappa shape index (κ1) is 18.4. The second-order valence-electron chi connectivity index (χ2n) is 6.07. The number of aromatic nitrogens is 2. The molecular weight excluding hydrogens is 378 g/mol. The van der Waals surface area contributed by atoms with E-state index >= 15 is 0 Å². The number of ether oxygens (including phenoxy) is 2. The van der Waals surface area contributed by atoms with Gasteiger partial charge >= 0.3 is 6.01 Å². The van der Waals surface area contributed by atoms with Gasteiger partial charge in [-0.25, -0.2) is 0 Å². The molecule has 0 aliphatic carbocycles. The Balaban J connectivity index is 1.39. The molecule has 3 aromatic rings. The van der Waals surface area contributed by atoms with Crippen LogP contribution in [0.2, 0.25) is 0 Å². The van der Waals surface area contributed by atoms with E-state index in [4.69, 9.17) is 13.9 Å². The molecule has 1 aliphatic rings. The fraction of sp³-hybridized carbons (Fsp3) is 0.250. The third-order valence-electron chi connectivity index (χ3n) is 4.08. The number of benzene rings is 2. The maximum atomic E-state index is 12.4. The summed E-state index contributed by atoms with van der Waals surface area (Å²) < 4.78 is 16.5. The standard InChI is InChI=1S/C20H19N3O4S/c1-2-28-15-6-3-13(4-7-15)11-18-22-23-20(27-18)21-19(24)14-5-8-16-17(12-14)26-10-9-25-16/h3-8,12H,2,9-11H2,1H3,(H,21,23,24). The molecule has 0 fully saturated rings. The highest BCUT2D eigenvalue weighted by Gasteiger charge is 2.17. The van der Waals surface area contributed by atoms with E-state index in [1.807, 2.05) is 12.1 Å². The average molecular weight is 397 g/mol. The molecule has 1 N–H and O–H groups in total. The van der Waals surface area contributed by atoms with Crippen LogP contribution in [-0.4, -0.2) is 35.1 Å². The first-order valence-electron chi connectivity index (χ1n) is 8.96. The summed E-state index contributed by atoms with van der Waals surface area (Å²) >= 11 is 1.79. The number of fused-ring (bicyclic) bond motifs is 1. The molecule has 2 heterocycles. The number of rotatable bonds is 6. The van der Waals surface area contributed by atoms with E-state index in [9.17, 15) is 4.79 Å². The second-order valence-corrected chi connectivity index (χ2v) is 7.40. The Morgan fingerprint density at radius 3 is 2.64 bits per heavy atom. The van der Waals surface area contributed by atoms with Crippen molar-refractivity contribution >= 4 is 23.7 Å². The number of amides is 1. The maximum Gasteiger partial charge on any atom is 0.322 e. The number of anilines is 1. The lowest BCUT2D eigenvalue weighted by Crippen LogP contribution is -2.17. The SMILES string of the molecule is CCSc1ccc(Cc2nnc(NC(=O)c3ccc4c(c3)OCCO4)o2)cc1. The van der Waals surface area contributed by atoms with Gasteiger partial charge in [-0.3, -0.25) is 10.1 Å². The lowest BCUT2D eigenvalue weighted by atomic mass is 10.1. The van der Waals surface area contributed by atoms with Crippen molar-refractivity contribution in [2.75, 3.05) is 24.3 Å². The molecule has 1 aromatic heterocycles. The molecule has 144 valence electrons. The predicted molar refractivity (Wildman–Crippen MR) is 105 cm³/mol. The molecular formula is C20H19N3O4S. The van der Waals surface area contributed by atoms with Gasteiger partial charge in [0.25, 0.3) is 5.91 Å². The zero-order valence-corrected chi connectivity index (χ0v) is 16.1. The lowest BCUT2D eigenvalue weighted by molar-refractivity contribution is 0.102. The second kappa shape index (κ2) is 8.35. The van der Waals surface area contributed by atoms with Crippen molar-refractivity contribution in [2.24, 2.45) is 0 Å². The fourth-order valence-corrected chi connectivity index (χ4v) is 3.44. The molecule has 0 atom stereocenters. The number of nitrogens with one attached hydrogen (secondary N) is 1. The van der Waals surface area contributed by atoms with E-state index in [1.165, 1.54) is 4.90 Å². The van der Waals surface area contributed by atoms with Crippen LogP contribution in [0.4, 0.5) is 6.01 Å². The summed E-state index contributed by atoms with van der Waals surface area (Å²) in [6, 6.07) is 13.3. The molecule has 0 bridgehead atoms. The minimum Gasteiger partial charge on any atom is -0.486 e. The molecule has 28 heavy (non-hydrogen) atoms. The van der Waals surface area contributed by atoms with E-state index < -0.39 is 0 Å². The normalized spacial score (nSPS) is 12.6. The molecule has 0 saturated heterocycles. The van der Waals surface area contributed by atoms with Crippen LogP contribution in [0, 0.1) is 0 Å². The molecule has 0 radical (unpaired) electrons. The summed E-state index contributed by atoms with van der Waals surface area (Å²) in [4.78, 5) is 13.7. The Morgan fingerprint density at radius 2 is 1.86 bits per heavy atom. The Hall–Kier alpha value is -3.00. The molecule has 0 saturated carbocycles. The quantitative estimate of drug-likeness (QED) is 0.633. The summed E-state index contributed by atoms with van der Waals surface area (Å²) in [5.41, 5.74) is 1.49. The molecule has 4 rings (SSSR count). The largest absolute Gasteiger partial charge is 0.486 e. The summed E-state index contributed by atoms with van der Waals surface area (Å²) in [5, 5.41) is 10.5. The fourth-order valence-electron chi connectivity index (χ4n) is 2.77. The van der Waals surface area contributed by atoms with Crippen LogP contribution < -0.4 is 14.8 Å². The summed E-state index contributed by atoms with van der Waals surface area (Å²) in [7, 11) is 0. The van der Waals surface area contributed by atoms with Gasteiger partial charge < -0.3 is 13.9 Å². The van der Waals surface area contributed by atoms with Crippen LogP contribution in [0.15, 0.2) is 51.8 Å². The molecule has 0 unspecified atom stereocenters. The van der Waals surface area contributed by atoms with Gasteiger partial charge in [-0.2, -0.15) is 0 Å². The Bertz CT molecular complexity index is 972. The van der Waals surface area contributed by atoms with Crippen LogP contribution in [0.5, 0.6) is 11.5 Å².